The molecule has 2 rings (SSSR count). The number of rotatable bonds is 6. The van der Waals surface area contributed by atoms with E-state index < -0.39 is 0 Å². The normalized spacial score (nSPS) is 10.8. The summed E-state index contributed by atoms with van der Waals surface area (Å²) in [5, 5.41) is 0. The number of carbonyl (C=O) groups is 1. The van der Waals surface area contributed by atoms with E-state index in [1.54, 1.807) is 0 Å². The van der Waals surface area contributed by atoms with Gasteiger partial charge in [-0.25, -0.2) is 4.98 Å². The van der Waals surface area contributed by atoms with Gasteiger partial charge in [0.05, 0.1) is 18.6 Å². The van der Waals surface area contributed by atoms with Crippen LogP contribution in [0.25, 0.3) is 0 Å². The van der Waals surface area contributed by atoms with Crippen LogP contribution in [-0.2, 0) is 13.1 Å². The quantitative estimate of drug-likeness (QED) is 0.734. The molecule has 0 aliphatic carbocycles. The van der Waals surface area contributed by atoms with Crippen molar-refractivity contribution in [2.45, 2.75) is 39.8 Å². The van der Waals surface area contributed by atoms with Gasteiger partial charge < -0.3 is 9.13 Å². The average Bonchev–Trinajstić information content (AvgIpc) is 3.00. The molecule has 0 fully saturated rings. The lowest BCUT2D eigenvalue weighted by Crippen LogP contribution is -2.05. The number of carbonyl (C=O) groups excluding carboxylic acids is 1. The first-order valence-corrected chi connectivity index (χ1v) is 6.42. The summed E-state index contributed by atoms with van der Waals surface area (Å²) >= 11 is 0. The molecule has 96 valence electrons. The number of Topliss-reactive ketones (excluding diaryl/α,β-unsaturated/α-hetero) is 1. The van der Waals surface area contributed by atoms with Gasteiger partial charge in [-0.05, 0) is 12.5 Å². The molecule has 0 unspecified atom stereocenters. The van der Waals surface area contributed by atoms with E-state index in [1.165, 1.54) is 5.69 Å². The van der Waals surface area contributed by atoms with Crippen LogP contribution in [0.4, 0.5) is 0 Å². The Hall–Kier alpha value is -1.84. The standard InChI is InChI=1S/C14H19N3O/c1-3-6-17-11-15-8-13(17)10-16-7-5-12(9-16)14(18)4-2/h5,7-9,11H,3-4,6,10H2,1-2H3. The summed E-state index contributed by atoms with van der Waals surface area (Å²) in [5.74, 6) is 0.191. The minimum atomic E-state index is 0.191. The molecule has 0 bridgehead atoms. The fourth-order valence-electron chi connectivity index (χ4n) is 2.02. The molecule has 0 aliphatic heterocycles. The van der Waals surface area contributed by atoms with E-state index in [-0.39, 0.29) is 5.78 Å². The van der Waals surface area contributed by atoms with Crippen molar-refractivity contribution in [3.63, 3.8) is 0 Å². The van der Waals surface area contributed by atoms with Gasteiger partial charge in [0.25, 0.3) is 0 Å². The third kappa shape index (κ3) is 2.70. The van der Waals surface area contributed by atoms with Crippen molar-refractivity contribution in [1.82, 2.24) is 14.1 Å². The molecule has 0 amide bonds. The van der Waals surface area contributed by atoms with E-state index in [2.05, 4.69) is 16.5 Å². The number of hydrogen-bond acceptors (Lipinski definition) is 2. The molecular formula is C14H19N3O. The maximum absolute atomic E-state index is 11.6. The smallest absolute Gasteiger partial charge is 0.164 e. The summed E-state index contributed by atoms with van der Waals surface area (Å²) in [5.41, 5.74) is 1.96. The second kappa shape index (κ2) is 5.67. The van der Waals surface area contributed by atoms with Gasteiger partial charge in [0, 0.05) is 37.1 Å². The highest BCUT2D eigenvalue weighted by molar-refractivity contribution is 5.95. The number of hydrogen-bond donors (Lipinski definition) is 0. The average molecular weight is 245 g/mol. The maximum atomic E-state index is 11.6. The first-order chi connectivity index (χ1) is 8.74. The molecule has 2 aromatic rings. The SMILES string of the molecule is CCCn1cncc1Cn1ccc(C(=O)CC)c1. The number of imidazole rings is 1. The number of aryl methyl sites for hydroxylation is 1. The predicted molar refractivity (Wildman–Crippen MR) is 70.7 cm³/mol. The van der Waals surface area contributed by atoms with Gasteiger partial charge in [0.15, 0.2) is 5.78 Å². The van der Waals surface area contributed by atoms with Gasteiger partial charge in [-0.1, -0.05) is 13.8 Å². The third-order valence-electron chi connectivity index (χ3n) is 3.00. The van der Waals surface area contributed by atoms with Gasteiger partial charge in [-0.2, -0.15) is 0 Å². The molecule has 0 spiro atoms. The van der Waals surface area contributed by atoms with Crippen LogP contribution in [0.5, 0.6) is 0 Å². The molecule has 0 radical (unpaired) electrons. The van der Waals surface area contributed by atoms with Crippen molar-refractivity contribution in [2.24, 2.45) is 0 Å². The Kier molecular flexibility index (Phi) is 3.97. The van der Waals surface area contributed by atoms with Crippen LogP contribution in [0.1, 0.15) is 42.7 Å². The van der Waals surface area contributed by atoms with Crippen LogP contribution in [0.3, 0.4) is 0 Å². The lowest BCUT2D eigenvalue weighted by atomic mass is 10.2. The second-order valence-corrected chi connectivity index (χ2v) is 4.43. The fourth-order valence-corrected chi connectivity index (χ4v) is 2.02. The minimum Gasteiger partial charge on any atom is -0.348 e. The topological polar surface area (TPSA) is 39.8 Å². The largest absolute Gasteiger partial charge is 0.348 e. The Morgan fingerprint density at radius 3 is 2.94 bits per heavy atom. The summed E-state index contributed by atoms with van der Waals surface area (Å²) in [6, 6.07) is 1.88. The lowest BCUT2D eigenvalue weighted by Gasteiger charge is -2.07. The highest BCUT2D eigenvalue weighted by Gasteiger charge is 2.06. The fraction of sp³-hybridized carbons (Fsp3) is 0.429. The molecule has 18 heavy (non-hydrogen) atoms. The van der Waals surface area contributed by atoms with Crippen LogP contribution in [0, 0.1) is 0 Å². The van der Waals surface area contributed by atoms with Crippen LogP contribution >= 0.6 is 0 Å². The molecular weight excluding hydrogens is 226 g/mol. The molecule has 0 aliphatic rings. The van der Waals surface area contributed by atoms with Crippen molar-refractivity contribution >= 4 is 5.78 Å². The second-order valence-electron chi connectivity index (χ2n) is 4.43. The summed E-state index contributed by atoms with van der Waals surface area (Å²) < 4.78 is 4.19. The molecule has 4 heteroatoms. The molecule has 0 N–H and O–H groups in total. The Morgan fingerprint density at radius 1 is 1.39 bits per heavy atom. The molecule has 0 saturated carbocycles. The van der Waals surface area contributed by atoms with Gasteiger partial charge in [0.2, 0.25) is 0 Å². The number of aromatic nitrogens is 3. The van der Waals surface area contributed by atoms with Crippen LogP contribution < -0.4 is 0 Å². The zero-order valence-electron chi connectivity index (χ0n) is 11.0. The summed E-state index contributed by atoms with van der Waals surface area (Å²) in [6.07, 6.45) is 9.26. The Morgan fingerprint density at radius 2 is 2.22 bits per heavy atom. The van der Waals surface area contributed by atoms with Crippen LogP contribution in [0.2, 0.25) is 0 Å². The number of ketones is 1. The first-order valence-electron chi connectivity index (χ1n) is 6.42. The zero-order chi connectivity index (χ0) is 13.0. The Labute approximate surface area is 107 Å². The summed E-state index contributed by atoms with van der Waals surface area (Å²) in [4.78, 5) is 15.7. The third-order valence-corrected chi connectivity index (χ3v) is 3.00. The van der Waals surface area contributed by atoms with E-state index in [0.717, 1.165) is 25.1 Å². The highest BCUT2D eigenvalue weighted by atomic mass is 16.1. The van der Waals surface area contributed by atoms with Gasteiger partial charge in [0.1, 0.15) is 0 Å². The zero-order valence-corrected chi connectivity index (χ0v) is 11.0. The van der Waals surface area contributed by atoms with E-state index in [0.29, 0.717) is 6.42 Å². The highest BCUT2D eigenvalue weighted by Crippen LogP contribution is 2.09. The van der Waals surface area contributed by atoms with E-state index in [1.807, 2.05) is 42.5 Å². The maximum Gasteiger partial charge on any atom is 0.164 e. The van der Waals surface area contributed by atoms with Crippen molar-refractivity contribution in [2.75, 3.05) is 0 Å². The van der Waals surface area contributed by atoms with Crippen molar-refractivity contribution in [3.8, 4) is 0 Å². The monoisotopic (exact) mass is 245 g/mol. The van der Waals surface area contributed by atoms with Gasteiger partial charge in [-0.3, -0.25) is 4.79 Å². The van der Waals surface area contributed by atoms with Gasteiger partial charge >= 0.3 is 0 Å². The molecule has 0 aromatic carbocycles. The molecule has 0 atom stereocenters. The molecule has 2 heterocycles. The predicted octanol–water partition coefficient (Wildman–Crippen LogP) is 2.74. The Bertz CT molecular complexity index is 525. The van der Waals surface area contributed by atoms with Crippen molar-refractivity contribution in [3.05, 3.63) is 42.2 Å². The van der Waals surface area contributed by atoms with E-state index in [4.69, 9.17) is 0 Å². The van der Waals surface area contributed by atoms with E-state index in [9.17, 15) is 4.79 Å². The van der Waals surface area contributed by atoms with Crippen LogP contribution in [0.15, 0.2) is 31.0 Å². The Balaban J connectivity index is 2.11. The van der Waals surface area contributed by atoms with Gasteiger partial charge in [-0.15, -0.1) is 0 Å². The summed E-state index contributed by atoms with van der Waals surface area (Å²) in [6.45, 7) is 5.78. The minimum absolute atomic E-state index is 0.191. The first kappa shape index (κ1) is 12.6. The number of nitrogens with zero attached hydrogens (tertiary/aromatic N) is 3. The summed E-state index contributed by atoms with van der Waals surface area (Å²) in [7, 11) is 0. The van der Waals surface area contributed by atoms with E-state index >= 15 is 0 Å². The van der Waals surface area contributed by atoms with Crippen LogP contribution in [-0.4, -0.2) is 19.9 Å². The molecule has 4 nitrogen and oxygen atoms in total. The lowest BCUT2D eigenvalue weighted by molar-refractivity contribution is 0.0988. The van der Waals surface area contributed by atoms with Crippen molar-refractivity contribution < 1.29 is 4.79 Å². The van der Waals surface area contributed by atoms with Crippen molar-refractivity contribution in [1.29, 1.82) is 0 Å². The molecule has 2 aromatic heterocycles. The molecule has 0 saturated heterocycles.